The minimum absolute atomic E-state index is 0.956. The molecule has 2 aromatic carbocycles. The van der Waals surface area contributed by atoms with E-state index < -0.39 is 0 Å². The van der Waals surface area contributed by atoms with Crippen LogP contribution in [0.3, 0.4) is 0 Å². The minimum atomic E-state index is 0.956. The van der Waals surface area contributed by atoms with E-state index in [0.717, 1.165) is 27.0 Å². The van der Waals surface area contributed by atoms with Crippen LogP contribution >= 0.6 is 15.9 Å². The third-order valence-corrected chi connectivity index (χ3v) is 3.04. The topological polar surface area (TPSA) is 12.0 Å². The number of nitrogens with one attached hydrogen (secondary N) is 1. The van der Waals surface area contributed by atoms with Gasteiger partial charge in [0, 0.05) is 10.2 Å². The summed E-state index contributed by atoms with van der Waals surface area (Å²) in [4.78, 5) is 0. The number of benzene rings is 2. The van der Waals surface area contributed by atoms with Gasteiger partial charge >= 0.3 is 0 Å². The van der Waals surface area contributed by atoms with Crippen LogP contribution in [0.15, 0.2) is 46.9 Å². The van der Waals surface area contributed by atoms with Gasteiger partial charge in [0.25, 0.3) is 0 Å². The molecule has 0 spiro atoms. The average molecular weight is 274 g/mol. The summed E-state index contributed by atoms with van der Waals surface area (Å²) in [5.74, 6) is 0. The monoisotopic (exact) mass is 273 g/mol. The Balaban J connectivity index is 2.38. The summed E-state index contributed by atoms with van der Waals surface area (Å²) < 4.78 is 1.00. The Bertz CT molecular complexity index is 486. The van der Waals surface area contributed by atoms with Gasteiger partial charge in [0.1, 0.15) is 0 Å². The zero-order valence-corrected chi connectivity index (χ0v) is 10.4. The summed E-state index contributed by atoms with van der Waals surface area (Å²) in [7, 11) is 0. The number of hydrogen-bond donors (Lipinski definition) is 1. The Labute approximate surface area is 105 Å². The van der Waals surface area contributed by atoms with Crippen molar-refractivity contribution in [1.29, 1.82) is 0 Å². The summed E-state index contributed by atoms with van der Waals surface area (Å²) in [6.07, 6.45) is 0. The van der Waals surface area contributed by atoms with E-state index in [-0.39, 0.29) is 0 Å². The summed E-state index contributed by atoms with van der Waals surface area (Å²) >= 11 is 3.51. The first-order chi connectivity index (χ1) is 7.68. The second kappa shape index (κ2) is 4.71. The Morgan fingerprint density at radius 3 is 2.25 bits per heavy atom. The molecule has 1 nitrogen and oxygen atoms in total. The van der Waals surface area contributed by atoms with E-state index >= 15 is 0 Å². The summed E-state index contributed by atoms with van der Waals surface area (Å²) in [6.45, 7) is 7.97. The van der Waals surface area contributed by atoms with Crippen molar-refractivity contribution in [1.82, 2.24) is 0 Å². The smallest absolute Gasteiger partial charge is 0.0561 e. The van der Waals surface area contributed by atoms with Gasteiger partial charge in [-0.2, -0.15) is 0 Å². The predicted molar refractivity (Wildman–Crippen MR) is 72.8 cm³/mol. The Kier molecular flexibility index (Phi) is 3.30. The molecule has 0 amide bonds. The molecule has 0 aliphatic heterocycles. The van der Waals surface area contributed by atoms with Gasteiger partial charge in [-0.3, -0.25) is 0 Å². The zero-order valence-electron chi connectivity index (χ0n) is 8.83. The van der Waals surface area contributed by atoms with Crippen molar-refractivity contribution in [3.05, 3.63) is 71.9 Å². The van der Waals surface area contributed by atoms with Gasteiger partial charge in [0.05, 0.1) is 5.69 Å². The molecule has 0 fully saturated rings. The van der Waals surface area contributed by atoms with Crippen LogP contribution in [-0.4, -0.2) is 0 Å². The van der Waals surface area contributed by atoms with Crippen LogP contribution in [0.4, 0.5) is 11.4 Å². The van der Waals surface area contributed by atoms with Gasteiger partial charge in [0.15, 0.2) is 0 Å². The number of rotatable bonds is 2. The molecule has 2 heteroatoms. The highest BCUT2D eigenvalue weighted by Gasteiger charge is 2.04. The molecular weight excluding hydrogens is 262 g/mol. The molecule has 2 aromatic rings. The Morgan fingerprint density at radius 1 is 0.875 bits per heavy atom. The fraction of sp³-hybridized carbons (Fsp3) is 0. The first-order valence-electron chi connectivity index (χ1n) is 4.97. The molecule has 80 valence electrons. The predicted octanol–water partition coefficient (Wildman–Crippen LogP) is 4.56. The molecule has 2 rings (SSSR count). The van der Waals surface area contributed by atoms with Crippen molar-refractivity contribution in [3.8, 4) is 0 Å². The highest BCUT2D eigenvalue weighted by molar-refractivity contribution is 9.10. The van der Waals surface area contributed by atoms with Gasteiger partial charge in [-0.05, 0) is 53.0 Å². The van der Waals surface area contributed by atoms with Crippen molar-refractivity contribution in [2.75, 3.05) is 5.32 Å². The Morgan fingerprint density at radius 2 is 1.56 bits per heavy atom. The SMILES string of the molecule is [CH2]c1ccccc1Nc1c([CH2])cccc1Br. The molecule has 0 aromatic heterocycles. The van der Waals surface area contributed by atoms with Crippen LogP contribution in [0.25, 0.3) is 0 Å². The highest BCUT2D eigenvalue weighted by Crippen LogP contribution is 2.30. The third-order valence-electron chi connectivity index (χ3n) is 2.38. The molecular formula is C14H12BrN. The maximum Gasteiger partial charge on any atom is 0.0561 e. The molecule has 0 bridgehead atoms. The first-order valence-corrected chi connectivity index (χ1v) is 5.76. The highest BCUT2D eigenvalue weighted by atomic mass is 79.9. The molecule has 0 aliphatic carbocycles. The summed E-state index contributed by atoms with van der Waals surface area (Å²) in [5.41, 5.74) is 3.91. The second-order valence-electron chi connectivity index (χ2n) is 3.56. The second-order valence-corrected chi connectivity index (χ2v) is 4.41. The van der Waals surface area contributed by atoms with Crippen molar-refractivity contribution in [3.63, 3.8) is 0 Å². The number of hydrogen-bond acceptors (Lipinski definition) is 1. The van der Waals surface area contributed by atoms with Gasteiger partial charge in [-0.25, -0.2) is 0 Å². The van der Waals surface area contributed by atoms with Crippen LogP contribution in [0, 0.1) is 13.8 Å². The van der Waals surface area contributed by atoms with Crippen molar-refractivity contribution >= 4 is 27.3 Å². The van der Waals surface area contributed by atoms with Crippen molar-refractivity contribution in [2.24, 2.45) is 0 Å². The molecule has 0 unspecified atom stereocenters. The molecule has 16 heavy (non-hydrogen) atoms. The lowest BCUT2D eigenvalue weighted by molar-refractivity contribution is 1.46. The standard InChI is InChI=1S/C14H12BrN/c1-10-6-3-4-9-13(10)16-14-11(2)7-5-8-12(14)15/h3-9,16H,1-2H2. The normalized spacial score (nSPS) is 10.2. The van der Waals surface area contributed by atoms with Crippen LogP contribution in [-0.2, 0) is 0 Å². The van der Waals surface area contributed by atoms with Crippen LogP contribution in [0.2, 0.25) is 0 Å². The van der Waals surface area contributed by atoms with Gasteiger partial charge in [0.2, 0.25) is 0 Å². The van der Waals surface area contributed by atoms with E-state index in [2.05, 4.69) is 35.1 Å². The lowest BCUT2D eigenvalue weighted by Crippen LogP contribution is -1.95. The largest absolute Gasteiger partial charge is 0.354 e. The first kappa shape index (κ1) is 11.2. The lowest BCUT2D eigenvalue weighted by Gasteiger charge is -2.13. The van der Waals surface area contributed by atoms with Crippen LogP contribution in [0.5, 0.6) is 0 Å². The molecule has 0 aliphatic rings. The van der Waals surface area contributed by atoms with E-state index in [1.54, 1.807) is 0 Å². The Hall–Kier alpha value is -1.28. The van der Waals surface area contributed by atoms with E-state index in [1.165, 1.54) is 0 Å². The van der Waals surface area contributed by atoms with Crippen molar-refractivity contribution in [2.45, 2.75) is 0 Å². The quantitative estimate of drug-likeness (QED) is 0.846. The summed E-state index contributed by atoms with van der Waals surface area (Å²) in [5, 5.41) is 3.34. The van der Waals surface area contributed by atoms with Gasteiger partial charge < -0.3 is 5.32 Å². The minimum Gasteiger partial charge on any atom is -0.354 e. The van der Waals surface area contributed by atoms with Crippen LogP contribution < -0.4 is 5.32 Å². The number of halogens is 1. The molecule has 1 N–H and O–H groups in total. The molecule has 2 radical (unpaired) electrons. The molecule has 0 heterocycles. The van der Waals surface area contributed by atoms with E-state index in [1.807, 2.05) is 42.5 Å². The summed E-state index contributed by atoms with van der Waals surface area (Å²) in [6, 6.07) is 13.9. The van der Waals surface area contributed by atoms with Crippen LogP contribution in [0.1, 0.15) is 11.1 Å². The average Bonchev–Trinajstić information content (AvgIpc) is 2.26. The van der Waals surface area contributed by atoms with E-state index in [9.17, 15) is 0 Å². The lowest BCUT2D eigenvalue weighted by atomic mass is 10.1. The van der Waals surface area contributed by atoms with Gasteiger partial charge in [-0.15, -0.1) is 0 Å². The van der Waals surface area contributed by atoms with Gasteiger partial charge in [-0.1, -0.05) is 30.3 Å². The fourth-order valence-electron chi connectivity index (χ4n) is 1.49. The number of para-hydroxylation sites is 2. The third kappa shape index (κ3) is 2.27. The molecule has 0 saturated carbocycles. The van der Waals surface area contributed by atoms with E-state index in [0.29, 0.717) is 0 Å². The fourth-order valence-corrected chi connectivity index (χ4v) is 1.99. The molecule has 0 saturated heterocycles. The maximum absolute atomic E-state index is 3.99. The maximum atomic E-state index is 3.99. The number of anilines is 2. The van der Waals surface area contributed by atoms with Crippen molar-refractivity contribution < 1.29 is 0 Å². The molecule has 0 atom stereocenters. The van der Waals surface area contributed by atoms with E-state index in [4.69, 9.17) is 0 Å². The zero-order chi connectivity index (χ0) is 11.5.